The van der Waals surface area contributed by atoms with E-state index >= 15 is 0 Å². The minimum atomic E-state index is -0.723. The third-order valence-corrected chi connectivity index (χ3v) is 4.48. The number of hydrogen-bond donors (Lipinski definition) is 2. The number of carbonyl (C=O) groups is 3. The lowest BCUT2D eigenvalue weighted by molar-refractivity contribution is -0.119. The van der Waals surface area contributed by atoms with E-state index in [1.807, 2.05) is 19.9 Å². The Labute approximate surface area is 157 Å². The summed E-state index contributed by atoms with van der Waals surface area (Å²) in [5, 5.41) is 5.54. The Morgan fingerprint density at radius 3 is 2.63 bits per heavy atom. The summed E-state index contributed by atoms with van der Waals surface area (Å²) in [5.41, 5.74) is 1.34. The van der Waals surface area contributed by atoms with Gasteiger partial charge in [-0.15, -0.1) is 0 Å². The predicted molar refractivity (Wildman–Crippen MR) is 101 cm³/mol. The Hall–Kier alpha value is -3.09. The molecule has 1 unspecified atom stereocenters. The molecule has 27 heavy (non-hydrogen) atoms. The summed E-state index contributed by atoms with van der Waals surface area (Å²) in [5.74, 6) is -0.639. The van der Waals surface area contributed by atoms with Crippen LogP contribution in [0.4, 0.5) is 11.4 Å². The van der Waals surface area contributed by atoms with Crippen molar-refractivity contribution >= 4 is 29.1 Å². The highest BCUT2D eigenvalue weighted by Crippen LogP contribution is 2.24. The SMILES string of the molecule is CC(C)C(NC(=O)c1ccco1)C(=O)Nc1cccc(N2CCCC2=O)c1. The molecule has 3 rings (SSSR count). The first-order chi connectivity index (χ1) is 13.0. The topological polar surface area (TPSA) is 91.7 Å². The first kappa shape index (κ1) is 18.7. The first-order valence-electron chi connectivity index (χ1n) is 9.01. The standard InChI is InChI=1S/C20H23N3O4/c1-13(2)18(22-19(25)16-8-5-11-27-16)20(26)21-14-6-3-7-15(12-14)23-10-4-9-17(23)24/h3,5-8,11-13,18H,4,9-10H2,1-2H3,(H,21,26)(H,22,25). The monoisotopic (exact) mass is 369 g/mol. The Balaban J connectivity index is 1.70. The number of anilines is 2. The lowest BCUT2D eigenvalue weighted by Gasteiger charge is -2.22. The summed E-state index contributed by atoms with van der Waals surface area (Å²) < 4.78 is 5.08. The van der Waals surface area contributed by atoms with E-state index in [0.29, 0.717) is 18.7 Å². The van der Waals surface area contributed by atoms with Crippen LogP contribution in [-0.4, -0.2) is 30.3 Å². The van der Waals surface area contributed by atoms with Crippen LogP contribution in [0.2, 0.25) is 0 Å². The Morgan fingerprint density at radius 2 is 2.00 bits per heavy atom. The molecular formula is C20H23N3O4. The fraction of sp³-hybridized carbons (Fsp3) is 0.350. The van der Waals surface area contributed by atoms with Gasteiger partial charge >= 0.3 is 0 Å². The van der Waals surface area contributed by atoms with E-state index in [4.69, 9.17) is 4.42 Å². The van der Waals surface area contributed by atoms with Gasteiger partial charge in [0, 0.05) is 24.3 Å². The zero-order chi connectivity index (χ0) is 19.4. The lowest BCUT2D eigenvalue weighted by Crippen LogP contribution is -2.47. The highest BCUT2D eigenvalue weighted by atomic mass is 16.3. The van der Waals surface area contributed by atoms with Crippen LogP contribution in [0.5, 0.6) is 0 Å². The van der Waals surface area contributed by atoms with E-state index in [2.05, 4.69) is 10.6 Å². The van der Waals surface area contributed by atoms with E-state index in [-0.39, 0.29) is 23.5 Å². The van der Waals surface area contributed by atoms with Gasteiger partial charge in [-0.1, -0.05) is 19.9 Å². The van der Waals surface area contributed by atoms with Gasteiger partial charge in [0.25, 0.3) is 5.91 Å². The van der Waals surface area contributed by atoms with Crippen LogP contribution < -0.4 is 15.5 Å². The molecule has 1 aromatic carbocycles. The smallest absolute Gasteiger partial charge is 0.287 e. The van der Waals surface area contributed by atoms with Crippen molar-refractivity contribution in [2.75, 3.05) is 16.8 Å². The average Bonchev–Trinajstić information content (AvgIpc) is 3.31. The molecule has 1 fully saturated rings. The van der Waals surface area contributed by atoms with Gasteiger partial charge in [0.05, 0.1) is 6.26 Å². The number of nitrogens with zero attached hydrogens (tertiary/aromatic N) is 1. The molecule has 0 bridgehead atoms. The molecule has 1 aliphatic rings. The van der Waals surface area contributed by atoms with Crippen molar-refractivity contribution < 1.29 is 18.8 Å². The molecule has 0 radical (unpaired) electrons. The van der Waals surface area contributed by atoms with Crippen LogP contribution in [0.25, 0.3) is 0 Å². The molecule has 7 nitrogen and oxygen atoms in total. The molecule has 0 aliphatic carbocycles. The number of nitrogens with one attached hydrogen (secondary N) is 2. The molecule has 7 heteroatoms. The maximum Gasteiger partial charge on any atom is 0.287 e. The van der Waals surface area contributed by atoms with Crippen LogP contribution in [-0.2, 0) is 9.59 Å². The zero-order valence-electron chi connectivity index (χ0n) is 15.4. The number of hydrogen-bond acceptors (Lipinski definition) is 4. The quantitative estimate of drug-likeness (QED) is 0.819. The number of rotatable bonds is 6. The summed E-state index contributed by atoms with van der Waals surface area (Å²) in [6.07, 6.45) is 2.79. The third kappa shape index (κ3) is 4.36. The van der Waals surface area contributed by atoms with Gasteiger partial charge in [0.15, 0.2) is 5.76 Å². The fourth-order valence-corrected chi connectivity index (χ4v) is 3.05. The van der Waals surface area contributed by atoms with Gasteiger partial charge in [-0.3, -0.25) is 14.4 Å². The predicted octanol–water partition coefficient (Wildman–Crippen LogP) is 2.80. The third-order valence-electron chi connectivity index (χ3n) is 4.48. The normalized spacial score (nSPS) is 15.1. The van der Waals surface area contributed by atoms with E-state index in [1.165, 1.54) is 6.26 Å². The molecule has 3 amide bonds. The number of carbonyl (C=O) groups excluding carboxylic acids is 3. The molecule has 1 aliphatic heterocycles. The highest BCUT2D eigenvalue weighted by molar-refractivity contribution is 6.01. The molecule has 2 N–H and O–H groups in total. The summed E-state index contributed by atoms with van der Waals surface area (Å²) in [4.78, 5) is 38.6. The van der Waals surface area contributed by atoms with Crippen LogP contribution in [0.3, 0.4) is 0 Å². The second-order valence-electron chi connectivity index (χ2n) is 6.86. The van der Waals surface area contributed by atoms with Gasteiger partial charge in [0.1, 0.15) is 6.04 Å². The minimum absolute atomic E-state index is 0.0873. The molecule has 2 aromatic rings. The van der Waals surface area contributed by atoms with Crippen molar-refractivity contribution in [3.8, 4) is 0 Å². The molecular weight excluding hydrogens is 346 g/mol. The summed E-state index contributed by atoms with van der Waals surface area (Å²) in [6.45, 7) is 4.39. The van der Waals surface area contributed by atoms with Crippen LogP contribution in [0.1, 0.15) is 37.2 Å². The van der Waals surface area contributed by atoms with Crippen molar-refractivity contribution in [1.29, 1.82) is 0 Å². The molecule has 2 heterocycles. The second-order valence-corrected chi connectivity index (χ2v) is 6.86. The minimum Gasteiger partial charge on any atom is -0.459 e. The summed E-state index contributed by atoms with van der Waals surface area (Å²) >= 11 is 0. The molecule has 0 saturated carbocycles. The second kappa shape index (κ2) is 8.07. The van der Waals surface area contributed by atoms with Crippen molar-refractivity contribution in [3.63, 3.8) is 0 Å². The maximum absolute atomic E-state index is 12.7. The first-order valence-corrected chi connectivity index (χ1v) is 9.01. The molecule has 0 spiro atoms. The van der Waals surface area contributed by atoms with Gasteiger partial charge in [-0.25, -0.2) is 0 Å². The lowest BCUT2D eigenvalue weighted by atomic mass is 10.0. The summed E-state index contributed by atoms with van der Waals surface area (Å²) in [6, 6.07) is 9.60. The molecule has 142 valence electrons. The van der Waals surface area contributed by atoms with E-state index in [1.54, 1.807) is 35.2 Å². The Kier molecular flexibility index (Phi) is 5.59. The van der Waals surface area contributed by atoms with E-state index in [0.717, 1.165) is 12.1 Å². The highest BCUT2D eigenvalue weighted by Gasteiger charge is 2.26. The van der Waals surface area contributed by atoms with Crippen LogP contribution >= 0.6 is 0 Å². The molecule has 1 saturated heterocycles. The fourth-order valence-electron chi connectivity index (χ4n) is 3.05. The van der Waals surface area contributed by atoms with Gasteiger partial charge < -0.3 is 20.0 Å². The van der Waals surface area contributed by atoms with Gasteiger partial charge in [-0.05, 0) is 42.7 Å². The van der Waals surface area contributed by atoms with E-state index in [9.17, 15) is 14.4 Å². The Bertz CT molecular complexity index is 830. The van der Waals surface area contributed by atoms with Gasteiger partial charge in [0.2, 0.25) is 11.8 Å². The van der Waals surface area contributed by atoms with Gasteiger partial charge in [-0.2, -0.15) is 0 Å². The van der Waals surface area contributed by atoms with Crippen molar-refractivity contribution in [2.45, 2.75) is 32.7 Å². The average molecular weight is 369 g/mol. The van der Waals surface area contributed by atoms with Crippen LogP contribution in [0, 0.1) is 5.92 Å². The van der Waals surface area contributed by atoms with E-state index < -0.39 is 11.9 Å². The number of furan rings is 1. The summed E-state index contributed by atoms with van der Waals surface area (Å²) in [7, 11) is 0. The molecule has 1 aromatic heterocycles. The van der Waals surface area contributed by atoms with Crippen molar-refractivity contribution in [1.82, 2.24) is 5.32 Å². The van der Waals surface area contributed by atoms with Crippen LogP contribution in [0.15, 0.2) is 47.1 Å². The molecule has 1 atom stereocenters. The number of benzene rings is 1. The number of amides is 3. The van der Waals surface area contributed by atoms with Crippen molar-refractivity contribution in [2.24, 2.45) is 5.92 Å². The largest absolute Gasteiger partial charge is 0.459 e. The Morgan fingerprint density at radius 1 is 1.19 bits per heavy atom. The zero-order valence-corrected chi connectivity index (χ0v) is 15.4. The maximum atomic E-state index is 12.7. The van der Waals surface area contributed by atoms with Crippen molar-refractivity contribution in [3.05, 3.63) is 48.4 Å².